The third kappa shape index (κ3) is 2.42. The van der Waals surface area contributed by atoms with E-state index in [2.05, 4.69) is 4.98 Å². The molecule has 1 N–H and O–H groups in total. The molecule has 5 heteroatoms. The lowest BCUT2D eigenvalue weighted by Crippen LogP contribution is -2.07. The molecule has 1 aromatic heterocycles. The van der Waals surface area contributed by atoms with Crippen LogP contribution < -0.4 is 0 Å². The van der Waals surface area contributed by atoms with Gasteiger partial charge in [-0.3, -0.25) is 0 Å². The van der Waals surface area contributed by atoms with E-state index in [0.717, 1.165) is 11.1 Å². The summed E-state index contributed by atoms with van der Waals surface area (Å²) in [4.78, 5) is 3.66. The van der Waals surface area contributed by atoms with Crippen molar-refractivity contribution in [3.8, 4) is 0 Å². The van der Waals surface area contributed by atoms with Crippen LogP contribution in [-0.4, -0.2) is 20.5 Å². The van der Waals surface area contributed by atoms with Crippen molar-refractivity contribution in [1.82, 2.24) is 4.98 Å². The first kappa shape index (κ1) is 14.8. The normalized spacial score (nSPS) is 11.9. The highest BCUT2D eigenvalue weighted by Gasteiger charge is 2.23. The quantitative estimate of drug-likeness (QED) is 0.802. The Morgan fingerprint density at radius 3 is 2.68 bits per heavy atom. The van der Waals surface area contributed by atoms with Crippen molar-refractivity contribution in [3.05, 3.63) is 59.8 Å². The average molecular weight is 315 g/mol. The maximum absolute atomic E-state index is 13.1. The number of hydrogen-bond acceptors (Lipinski definition) is 3. The molecule has 0 aliphatic heterocycles. The lowest BCUT2D eigenvalue weighted by atomic mass is 10.1. The maximum atomic E-state index is 13.1. The molecule has 3 aromatic rings. The number of nitrogens with one attached hydrogen (secondary N) is 1. The second-order valence-electron chi connectivity index (χ2n) is 5.24. The molecule has 0 spiro atoms. The highest BCUT2D eigenvalue weighted by molar-refractivity contribution is 7.91. The Morgan fingerprint density at radius 2 is 1.91 bits per heavy atom. The lowest BCUT2D eigenvalue weighted by molar-refractivity contribution is 0.182. The monoisotopic (exact) mass is 315 g/mol. The van der Waals surface area contributed by atoms with E-state index in [1.165, 1.54) is 0 Å². The van der Waals surface area contributed by atoms with Gasteiger partial charge in [0.05, 0.1) is 16.4 Å². The topological polar surface area (TPSA) is 59.2 Å². The van der Waals surface area contributed by atoms with E-state index in [1.54, 1.807) is 37.6 Å². The number of aromatic amines is 1. The Hall–Kier alpha value is -2.11. The van der Waals surface area contributed by atoms with E-state index in [4.69, 9.17) is 4.74 Å². The van der Waals surface area contributed by atoms with Crippen molar-refractivity contribution < 1.29 is 13.2 Å². The first-order valence-corrected chi connectivity index (χ1v) is 8.42. The Balaban J connectivity index is 2.24. The first-order chi connectivity index (χ1) is 10.5. The summed E-state index contributed by atoms with van der Waals surface area (Å²) in [5.41, 5.74) is 2.49. The minimum atomic E-state index is -3.61. The summed E-state index contributed by atoms with van der Waals surface area (Å²) in [5, 5.41) is 0.700. The predicted octanol–water partition coefficient (Wildman–Crippen LogP) is 3.46. The number of H-pyrrole nitrogens is 1. The van der Waals surface area contributed by atoms with Crippen LogP contribution >= 0.6 is 0 Å². The molecule has 4 nitrogen and oxygen atoms in total. The summed E-state index contributed by atoms with van der Waals surface area (Å²) < 4.78 is 31.3. The molecule has 0 saturated heterocycles. The van der Waals surface area contributed by atoms with E-state index < -0.39 is 9.84 Å². The van der Waals surface area contributed by atoms with Crippen LogP contribution in [0.2, 0.25) is 0 Å². The number of aromatic nitrogens is 1. The molecule has 0 bridgehead atoms. The van der Waals surface area contributed by atoms with E-state index in [9.17, 15) is 8.42 Å². The highest BCUT2D eigenvalue weighted by Crippen LogP contribution is 2.30. The molecular weight excluding hydrogens is 298 g/mol. The molecule has 0 radical (unpaired) electrons. The van der Waals surface area contributed by atoms with Gasteiger partial charge in [0.15, 0.2) is 0 Å². The van der Waals surface area contributed by atoms with Gasteiger partial charge in [-0.05, 0) is 36.8 Å². The van der Waals surface area contributed by atoms with Gasteiger partial charge in [0.1, 0.15) is 0 Å². The maximum Gasteiger partial charge on any atom is 0.207 e. The fourth-order valence-corrected chi connectivity index (χ4v) is 4.32. The number of rotatable bonds is 4. The summed E-state index contributed by atoms with van der Waals surface area (Å²) in [6, 6.07) is 12.4. The minimum absolute atomic E-state index is 0.263. The molecule has 1 heterocycles. The van der Waals surface area contributed by atoms with Crippen LogP contribution in [0.15, 0.2) is 58.5 Å². The summed E-state index contributed by atoms with van der Waals surface area (Å²) in [5.74, 6) is 0. The summed E-state index contributed by atoms with van der Waals surface area (Å²) in [6.45, 7) is 2.20. The fourth-order valence-electron chi connectivity index (χ4n) is 2.65. The zero-order chi connectivity index (χ0) is 15.7. The predicted molar refractivity (Wildman–Crippen MR) is 85.6 cm³/mol. The van der Waals surface area contributed by atoms with E-state index in [0.29, 0.717) is 20.7 Å². The largest absolute Gasteiger partial charge is 0.380 e. The van der Waals surface area contributed by atoms with Crippen molar-refractivity contribution in [1.29, 1.82) is 0 Å². The van der Waals surface area contributed by atoms with Gasteiger partial charge < -0.3 is 9.72 Å². The van der Waals surface area contributed by atoms with E-state index >= 15 is 0 Å². The van der Waals surface area contributed by atoms with Crippen LogP contribution in [0.1, 0.15) is 11.1 Å². The van der Waals surface area contributed by atoms with Crippen LogP contribution in [0.25, 0.3) is 10.9 Å². The lowest BCUT2D eigenvalue weighted by Gasteiger charge is -2.12. The van der Waals surface area contributed by atoms with Gasteiger partial charge in [-0.15, -0.1) is 0 Å². The van der Waals surface area contributed by atoms with Gasteiger partial charge in [0, 0.05) is 24.2 Å². The van der Waals surface area contributed by atoms with Gasteiger partial charge in [-0.25, -0.2) is 8.42 Å². The van der Waals surface area contributed by atoms with Crippen LogP contribution in [-0.2, 0) is 21.2 Å². The fraction of sp³-hybridized carbons (Fsp3) is 0.176. The molecule has 0 aliphatic carbocycles. The van der Waals surface area contributed by atoms with Gasteiger partial charge >= 0.3 is 0 Å². The Morgan fingerprint density at radius 1 is 1.09 bits per heavy atom. The third-order valence-corrected chi connectivity index (χ3v) is 5.56. The smallest absolute Gasteiger partial charge is 0.207 e. The van der Waals surface area contributed by atoms with Gasteiger partial charge in [0.2, 0.25) is 9.84 Å². The molecular formula is C17H17NO3S. The number of methoxy groups -OCH3 is 1. The van der Waals surface area contributed by atoms with Gasteiger partial charge in [0.25, 0.3) is 0 Å². The third-order valence-electron chi connectivity index (χ3n) is 3.65. The van der Waals surface area contributed by atoms with Crippen molar-refractivity contribution in [2.75, 3.05) is 7.11 Å². The standard InChI is InChI=1S/C17H17NO3S/c1-12-6-7-16(13(10-12)11-21-2)22(19,20)17-5-3-4-15-14(17)8-9-18-15/h3-10,18H,11H2,1-2H3. The number of ether oxygens (including phenoxy) is 1. The van der Waals surface area contributed by atoms with Crippen molar-refractivity contribution in [2.45, 2.75) is 23.3 Å². The Bertz CT molecular complexity index is 926. The van der Waals surface area contributed by atoms with E-state index in [1.807, 2.05) is 25.1 Å². The first-order valence-electron chi connectivity index (χ1n) is 6.93. The molecule has 2 aromatic carbocycles. The Labute approximate surface area is 129 Å². The summed E-state index contributed by atoms with van der Waals surface area (Å²) in [6.07, 6.45) is 1.74. The number of sulfone groups is 1. The highest BCUT2D eigenvalue weighted by atomic mass is 32.2. The molecule has 114 valence electrons. The van der Waals surface area contributed by atoms with Crippen molar-refractivity contribution >= 4 is 20.7 Å². The number of benzene rings is 2. The van der Waals surface area contributed by atoms with Gasteiger partial charge in [-0.1, -0.05) is 23.8 Å². The second-order valence-corrected chi connectivity index (χ2v) is 7.13. The minimum Gasteiger partial charge on any atom is -0.380 e. The molecule has 22 heavy (non-hydrogen) atoms. The number of hydrogen-bond donors (Lipinski definition) is 1. The number of fused-ring (bicyclic) bond motifs is 1. The van der Waals surface area contributed by atoms with Crippen LogP contribution in [0.5, 0.6) is 0 Å². The molecule has 0 amide bonds. The Kier molecular flexibility index (Phi) is 3.76. The summed E-state index contributed by atoms with van der Waals surface area (Å²) in [7, 11) is -2.04. The molecule has 0 saturated carbocycles. The van der Waals surface area contributed by atoms with Crippen LogP contribution in [0, 0.1) is 6.92 Å². The van der Waals surface area contributed by atoms with E-state index in [-0.39, 0.29) is 6.61 Å². The zero-order valence-corrected chi connectivity index (χ0v) is 13.3. The average Bonchev–Trinajstić information content (AvgIpc) is 2.95. The van der Waals surface area contributed by atoms with Crippen molar-refractivity contribution in [2.24, 2.45) is 0 Å². The van der Waals surface area contributed by atoms with Gasteiger partial charge in [-0.2, -0.15) is 0 Å². The summed E-state index contributed by atoms with van der Waals surface area (Å²) >= 11 is 0. The zero-order valence-electron chi connectivity index (χ0n) is 12.5. The molecule has 3 rings (SSSR count). The molecule has 0 unspecified atom stereocenters. The van der Waals surface area contributed by atoms with Crippen LogP contribution in [0.3, 0.4) is 0 Å². The number of aryl methyl sites for hydroxylation is 1. The second kappa shape index (κ2) is 5.59. The van der Waals surface area contributed by atoms with Crippen LogP contribution in [0.4, 0.5) is 0 Å². The molecule has 0 fully saturated rings. The molecule has 0 atom stereocenters. The van der Waals surface area contributed by atoms with Crippen molar-refractivity contribution in [3.63, 3.8) is 0 Å². The SMILES string of the molecule is COCc1cc(C)ccc1S(=O)(=O)c1cccc2[nH]ccc12. The molecule has 0 aliphatic rings.